The minimum Gasteiger partial charge on any atom is -0.495 e. The van der Waals surface area contributed by atoms with Gasteiger partial charge in [-0.25, -0.2) is 17.2 Å². The normalized spacial score (nSPS) is 11.8. The van der Waals surface area contributed by atoms with Gasteiger partial charge in [0.1, 0.15) is 10.6 Å². The molecule has 0 atom stereocenters. The predicted molar refractivity (Wildman–Crippen MR) is 95.9 cm³/mol. The van der Waals surface area contributed by atoms with Crippen molar-refractivity contribution < 1.29 is 26.7 Å². The SMILES string of the molecule is CCN(CC)S(=O)(=O)c1cc(C(=O)Nc2nnc(C(F)F)s2)ccc1OC. The van der Waals surface area contributed by atoms with Gasteiger partial charge < -0.3 is 4.74 Å². The number of aromatic nitrogens is 2. The minimum atomic E-state index is -3.88. The number of carbonyl (C=O) groups excluding carboxylic acids is 1. The van der Waals surface area contributed by atoms with Gasteiger partial charge in [-0.2, -0.15) is 4.31 Å². The summed E-state index contributed by atoms with van der Waals surface area (Å²) in [4.78, 5) is 12.2. The van der Waals surface area contributed by atoms with Gasteiger partial charge >= 0.3 is 0 Å². The van der Waals surface area contributed by atoms with E-state index in [1.165, 1.54) is 29.6 Å². The van der Waals surface area contributed by atoms with E-state index in [4.69, 9.17) is 4.74 Å². The van der Waals surface area contributed by atoms with Crippen LogP contribution in [0, 0.1) is 0 Å². The summed E-state index contributed by atoms with van der Waals surface area (Å²) in [5.41, 5.74) is 0.00956. The molecule has 2 rings (SSSR count). The molecule has 0 unspecified atom stereocenters. The van der Waals surface area contributed by atoms with E-state index in [1.54, 1.807) is 13.8 Å². The van der Waals surface area contributed by atoms with Crippen LogP contribution in [0.2, 0.25) is 0 Å². The number of hydrogen-bond donors (Lipinski definition) is 1. The number of carbonyl (C=O) groups is 1. The van der Waals surface area contributed by atoms with Gasteiger partial charge in [0.2, 0.25) is 15.2 Å². The first-order chi connectivity index (χ1) is 12.7. The van der Waals surface area contributed by atoms with Gasteiger partial charge in [0.15, 0.2) is 5.01 Å². The van der Waals surface area contributed by atoms with Crippen LogP contribution in [0.4, 0.5) is 13.9 Å². The summed E-state index contributed by atoms with van der Waals surface area (Å²) < 4.78 is 57.1. The first kappa shape index (κ1) is 21.1. The molecule has 0 saturated heterocycles. The molecule has 0 fully saturated rings. The van der Waals surface area contributed by atoms with E-state index in [-0.39, 0.29) is 34.4 Å². The zero-order valence-corrected chi connectivity index (χ0v) is 16.4. The summed E-state index contributed by atoms with van der Waals surface area (Å²) in [5, 5.41) is 8.44. The lowest BCUT2D eigenvalue weighted by Crippen LogP contribution is -2.31. The van der Waals surface area contributed by atoms with Crippen LogP contribution in [0.3, 0.4) is 0 Å². The fourth-order valence-electron chi connectivity index (χ4n) is 2.26. The number of alkyl halides is 2. The molecule has 148 valence electrons. The van der Waals surface area contributed by atoms with Crippen molar-refractivity contribution in [1.29, 1.82) is 0 Å². The number of amides is 1. The molecule has 0 saturated carbocycles. The fourth-order valence-corrected chi connectivity index (χ4v) is 4.50. The number of methoxy groups -OCH3 is 1. The van der Waals surface area contributed by atoms with Crippen LogP contribution < -0.4 is 10.1 Å². The minimum absolute atomic E-state index is 0.00956. The number of ether oxygens (including phenoxy) is 1. The third-order valence-electron chi connectivity index (χ3n) is 3.60. The molecule has 0 bridgehead atoms. The van der Waals surface area contributed by atoms with Gasteiger partial charge in [-0.3, -0.25) is 10.1 Å². The largest absolute Gasteiger partial charge is 0.495 e. The Morgan fingerprint density at radius 2 is 1.96 bits per heavy atom. The second-order valence-corrected chi connectivity index (χ2v) is 8.07. The number of sulfonamides is 1. The van der Waals surface area contributed by atoms with Gasteiger partial charge in [-0.15, -0.1) is 10.2 Å². The summed E-state index contributed by atoms with van der Waals surface area (Å²) >= 11 is 0.538. The smallest absolute Gasteiger partial charge is 0.291 e. The molecule has 27 heavy (non-hydrogen) atoms. The third kappa shape index (κ3) is 4.57. The number of nitrogens with one attached hydrogen (secondary N) is 1. The number of hydrogen-bond acceptors (Lipinski definition) is 7. The Kier molecular flexibility index (Phi) is 6.78. The lowest BCUT2D eigenvalue weighted by molar-refractivity contribution is 0.102. The molecule has 12 heteroatoms. The molecule has 0 aliphatic rings. The van der Waals surface area contributed by atoms with Crippen molar-refractivity contribution in [3.63, 3.8) is 0 Å². The van der Waals surface area contributed by atoms with E-state index in [0.717, 1.165) is 0 Å². The highest BCUT2D eigenvalue weighted by Gasteiger charge is 2.27. The Morgan fingerprint density at radius 1 is 1.30 bits per heavy atom. The first-order valence-electron chi connectivity index (χ1n) is 7.85. The van der Waals surface area contributed by atoms with Crippen LogP contribution in [0.25, 0.3) is 0 Å². The Morgan fingerprint density at radius 3 is 2.48 bits per heavy atom. The van der Waals surface area contributed by atoms with Gasteiger partial charge in [-0.1, -0.05) is 25.2 Å². The second kappa shape index (κ2) is 8.67. The molecular weight excluding hydrogens is 402 g/mol. The van der Waals surface area contributed by atoms with Crippen LogP contribution in [0.5, 0.6) is 5.75 Å². The lowest BCUT2D eigenvalue weighted by atomic mass is 10.2. The Labute approximate surface area is 159 Å². The van der Waals surface area contributed by atoms with E-state index in [9.17, 15) is 22.0 Å². The van der Waals surface area contributed by atoms with E-state index in [0.29, 0.717) is 11.3 Å². The number of rotatable bonds is 8. The molecule has 8 nitrogen and oxygen atoms in total. The molecule has 2 aromatic rings. The van der Waals surface area contributed by atoms with Crippen molar-refractivity contribution in [3.8, 4) is 5.75 Å². The first-order valence-corrected chi connectivity index (χ1v) is 10.1. The molecular formula is C15H18F2N4O4S2. The Hall–Kier alpha value is -2.18. The van der Waals surface area contributed by atoms with E-state index in [2.05, 4.69) is 15.5 Å². The molecule has 1 amide bonds. The third-order valence-corrected chi connectivity index (χ3v) is 6.51. The summed E-state index contributed by atoms with van der Waals surface area (Å²) in [6.07, 6.45) is -2.79. The maximum Gasteiger partial charge on any atom is 0.291 e. The van der Waals surface area contributed by atoms with Crippen molar-refractivity contribution in [1.82, 2.24) is 14.5 Å². The highest BCUT2D eigenvalue weighted by atomic mass is 32.2. The summed E-state index contributed by atoms with van der Waals surface area (Å²) in [7, 11) is -2.55. The van der Waals surface area contributed by atoms with E-state index in [1.807, 2.05) is 0 Å². The zero-order valence-electron chi connectivity index (χ0n) is 14.8. The van der Waals surface area contributed by atoms with Crippen molar-refractivity contribution >= 4 is 32.4 Å². The van der Waals surface area contributed by atoms with Crippen LogP contribution in [-0.4, -0.2) is 49.0 Å². The maximum absolute atomic E-state index is 12.8. The van der Waals surface area contributed by atoms with Gasteiger partial charge in [0.05, 0.1) is 7.11 Å². The number of benzene rings is 1. The Balaban J connectivity index is 2.36. The van der Waals surface area contributed by atoms with Crippen LogP contribution in [0.15, 0.2) is 23.1 Å². The van der Waals surface area contributed by atoms with Crippen molar-refractivity contribution in [2.75, 3.05) is 25.5 Å². The highest BCUT2D eigenvalue weighted by Crippen LogP contribution is 2.29. The monoisotopic (exact) mass is 420 g/mol. The van der Waals surface area contributed by atoms with Gasteiger partial charge in [0.25, 0.3) is 12.3 Å². The molecule has 0 aliphatic carbocycles. The molecule has 0 spiro atoms. The van der Waals surface area contributed by atoms with E-state index < -0.39 is 27.4 Å². The van der Waals surface area contributed by atoms with Gasteiger partial charge in [0, 0.05) is 18.7 Å². The highest BCUT2D eigenvalue weighted by molar-refractivity contribution is 7.89. The predicted octanol–water partition coefficient (Wildman–Crippen LogP) is 2.77. The number of anilines is 1. The molecule has 0 radical (unpaired) electrons. The molecule has 1 aromatic carbocycles. The average molecular weight is 420 g/mol. The fraction of sp³-hybridized carbons (Fsp3) is 0.400. The zero-order chi connectivity index (χ0) is 20.2. The maximum atomic E-state index is 12.8. The quantitative estimate of drug-likeness (QED) is 0.705. The van der Waals surface area contributed by atoms with Crippen molar-refractivity contribution in [2.24, 2.45) is 0 Å². The van der Waals surface area contributed by atoms with E-state index >= 15 is 0 Å². The van der Waals surface area contributed by atoms with Crippen molar-refractivity contribution in [2.45, 2.75) is 25.2 Å². The van der Waals surface area contributed by atoms with Gasteiger partial charge in [-0.05, 0) is 18.2 Å². The molecule has 1 N–H and O–H groups in total. The molecule has 1 aromatic heterocycles. The number of nitrogens with zero attached hydrogens (tertiary/aromatic N) is 3. The van der Waals surface area contributed by atoms with Crippen LogP contribution >= 0.6 is 11.3 Å². The molecule has 0 aliphatic heterocycles. The summed E-state index contributed by atoms with van der Waals surface area (Å²) in [5.74, 6) is -0.611. The van der Waals surface area contributed by atoms with Crippen LogP contribution in [0.1, 0.15) is 35.6 Å². The molecule has 1 heterocycles. The number of halogens is 2. The standard InChI is InChI=1S/C15H18F2N4O4S2/c1-4-21(5-2)27(23,24)11-8-9(6-7-10(11)25-3)13(22)18-15-20-19-14(26-15)12(16)17/h6-8,12H,4-5H2,1-3H3,(H,18,20,22). The summed E-state index contributed by atoms with van der Waals surface area (Å²) in [6, 6.07) is 3.90. The topological polar surface area (TPSA) is 101 Å². The summed E-state index contributed by atoms with van der Waals surface area (Å²) in [6.45, 7) is 3.89. The average Bonchev–Trinajstić information content (AvgIpc) is 3.10. The lowest BCUT2D eigenvalue weighted by Gasteiger charge is -2.20. The second-order valence-electron chi connectivity index (χ2n) is 5.16. The van der Waals surface area contributed by atoms with Crippen molar-refractivity contribution in [3.05, 3.63) is 28.8 Å². The Bertz CT molecular complexity index is 914. The van der Waals surface area contributed by atoms with Crippen LogP contribution in [-0.2, 0) is 10.0 Å².